The first kappa shape index (κ1) is 12.7. The molecular weight excluding hydrogens is 279 g/mol. The van der Waals surface area contributed by atoms with E-state index in [-0.39, 0.29) is 15.6 Å². The van der Waals surface area contributed by atoms with Gasteiger partial charge < -0.3 is 0 Å². The SMILES string of the molecule is CS(=O)(=O)C#Cc1c(Cl)cc(Cl)cc1Cl. The lowest BCUT2D eigenvalue weighted by Crippen LogP contribution is -1.89. The molecule has 0 unspecified atom stereocenters. The summed E-state index contributed by atoms with van der Waals surface area (Å²) in [5, 5.41) is 2.87. The molecular formula is C9H5Cl3O2S. The van der Waals surface area contributed by atoms with Crippen LogP contribution in [0.3, 0.4) is 0 Å². The van der Waals surface area contributed by atoms with E-state index in [0.29, 0.717) is 5.02 Å². The topological polar surface area (TPSA) is 34.1 Å². The number of hydrogen-bond acceptors (Lipinski definition) is 2. The fourth-order valence-corrected chi connectivity index (χ4v) is 2.00. The molecule has 0 N–H and O–H groups in total. The summed E-state index contributed by atoms with van der Waals surface area (Å²) in [7, 11) is -3.38. The number of sulfone groups is 1. The second-order valence-corrected chi connectivity index (χ2v) is 5.74. The Bertz CT molecular complexity index is 529. The van der Waals surface area contributed by atoms with Crippen LogP contribution in [0.2, 0.25) is 15.1 Å². The van der Waals surface area contributed by atoms with Crippen LogP contribution < -0.4 is 0 Å². The molecule has 0 bridgehead atoms. The summed E-state index contributed by atoms with van der Waals surface area (Å²) in [5.41, 5.74) is 0.258. The van der Waals surface area contributed by atoms with Gasteiger partial charge in [-0.25, -0.2) is 8.42 Å². The number of rotatable bonds is 0. The van der Waals surface area contributed by atoms with Gasteiger partial charge in [-0.1, -0.05) is 34.8 Å². The summed E-state index contributed by atoms with van der Waals surface area (Å²) < 4.78 is 21.6. The van der Waals surface area contributed by atoms with Crippen molar-refractivity contribution >= 4 is 44.6 Å². The predicted octanol–water partition coefficient (Wildman–Crippen LogP) is 3.00. The van der Waals surface area contributed by atoms with E-state index in [9.17, 15) is 8.42 Å². The summed E-state index contributed by atoms with van der Waals surface area (Å²) >= 11 is 17.3. The van der Waals surface area contributed by atoms with Crippen molar-refractivity contribution in [3.8, 4) is 11.2 Å². The van der Waals surface area contributed by atoms with Crippen molar-refractivity contribution < 1.29 is 8.42 Å². The summed E-state index contributed by atoms with van der Waals surface area (Å²) in [6.07, 6.45) is 0.998. The average Bonchev–Trinajstić information content (AvgIpc) is 1.99. The molecule has 0 spiro atoms. The zero-order valence-electron chi connectivity index (χ0n) is 7.51. The Morgan fingerprint density at radius 1 is 1.13 bits per heavy atom. The Morgan fingerprint density at radius 2 is 1.60 bits per heavy atom. The summed E-state index contributed by atoms with van der Waals surface area (Å²) in [6.45, 7) is 0. The van der Waals surface area contributed by atoms with Gasteiger partial charge in [-0.15, -0.1) is 0 Å². The molecule has 0 fully saturated rings. The van der Waals surface area contributed by atoms with Crippen molar-refractivity contribution in [2.24, 2.45) is 0 Å². The van der Waals surface area contributed by atoms with Crippen LogP contribution in [0.4, 0.5) is 0 Å². The lowest BCUT2D eigenvalue weighted by atomic mass is 10.2. The van der Waals surface area contributed by atoms with E-state index >= 15 is 0 Å². The molecule has 0 saturated heterocycles. The minimum atomic E-state index is -3.38. The van der Waals surface area contributed by atoms with Crippen molar-refractivity contribution in [2.75, 3.05) is 6.26 Å². The third kappa shape index (κ3) is 3.92. The van der Waals surface area contributed by atoms with E-state index in [1.54, 1.807) is 0 Å². The fourth-order valence-electron chi connectivity index (χ4n) is 0.805. The normalized spacial score (nSPS) is 10.7. The molecule has 6 heteroatoms. The molecule has 0 aliphatic rings. The Morgan fingerprint density at radius 3 is 2.00 bits per heavy atom. The van der Waals surface area contributed by atoms with Crippen LogP contribution in [0.5, 0.6) is 0 Å². The molecule has 1 aromatic carbocycles. The van der Waals surface area contributed by atoms with E-state index < -0.39 is 9.84 Å². The van der Waals surface area contributed by atoms with Crippen LogP contribution in [0, 0.1) is 11.2 Å². The molecule has 0 radical (unpaired) electrons. The van der Waals surface area contributed by atoms with Crippen molar-refractivity contribution in [3.05, 3.63) is 32.8 Å². The Labute approximate surface area is 103 Å². The highest BCUT2D eigenvalue weighted by Crippen LogP contribution is 2.28. The third-order valence-corrected chi connectivity index (χ3v) is 2.66. The molecule has 0 aliphatic carbocycles. The second kappa shape index (κ2) is 4.63. The first-order chi connectivity index (χ1) is 6.79. The largest absolute Gasteiger partial charge is 0.216 e. The zero-order chi connectivity index (χ0) is 11.6. The van der Waals surface area contributed by atoms with Crippen molar-refractivity contribution in [1.82, 2.24) is 0 Å². The fraction of sp³-hybridized carbons (Fsp3) is 0.111. The maximum atomic E-state index is 10.8. The summed E-state index contributed by atoms with van der Waals surface area (Å²) in [6, 6.07) is 2.89. The van der Waals surface area contributed by atoms with E-state index in [2.05, 4.69) is 5.92 Å². The van der Waals surface area contributed by atoms with E-state index in [0.717, 1.165) is 6.26 Å². The maximum absolute atomic E-state index is 10.8. The maximum Gasteiger partial charge on any atom is 0.214 e. The smallest absolute Gasteiger partial charge is 0.214 e. The van der Waals surface area contributed by atoms with E-state index in [4.69, 9.17) is 34.8 Å². The first-order valence-corrected chi connectivity index (χ1v) is 6.69. The highest BCUT2D eigenvalue weighted by molar-refractivity contribution is 7.95. The van der Waals surface area contributed by atoms with Gasteiger partial charge in [-0.05, 0) is 18.1 Å². The van der Waals surface area contributed by atoms with Gasteiger partial charge in [0.15, 0.2) is 0 Å². The lowest BCUT2D eigenvalue weighted by Gasteiger charge is -1.99. The molecule has 0 aliphatic heterocycles. The quantitative estimate of drug-likeness (QED) is 0.686. The lowest BCUT2D eigenvalue weighted by molar-refractivity contribution is 0.611. The van der Waals surface area contributed by atoms with Crippen LogP contribution in [0.1, 0.15) is 5.56 Å². The second-order valence-electron chi connectivity index (χ2n) is 2.74. The number of benzene rings is 1. The summed E-state index contributed by atoms with van der Waals surface area (Å²) in [4.78, 5) is 0. The van der Waals surface area contributed by atoms with Crippen LogP contribution in [-0.4, -0.2) is 14.7 Å². The van der Waals surface area contributed by atoms with Crippen LogP contribution in [0.15, 0.2) is 12.1 Å². The van der Waals surface area contributed by atoms with Crippen LogP contribution >= 0.6 is 34.8 Å². The number of halogens is 3. The molecule has 0 saturated carbocycles. The number of hydrogen-bond donors (Lipinski definition) is 0. The zero-order valence-corrected chi connectivity index (χ0v) is 10.6. The average molecular weight is 284 g/mol. The van der Waals surface area contributed by atoms with Gasteiger partial charge in [-0.2, -0.15) is 0 Å². The highest BCUT2D eigenvalue weighted by atomic mass is 35.5. The molecule has 0 atom stereocenters. The molecule has 1 aromatic rings. The van der Waals surface area contributed by atoms with Crippen LogP contribution in [-0.2, 0) is 9.84 Å². The molecule has 0 heterocycles. The Balaban J connectivity index is 3.32. The minimum absolute atomic E-state index is 0.226. The molecule has 0 amide bonds. The van der Waals surface area contributed by atoms with Crippen LogP contribution in [0.25, 0.3) is 0 Å². The van der Waals surface area contributed by atoms with Gasteiger partial charge in [0.25, 0.3) is 0 Å². The van der Waals surface area contributed by atoms with Gasteiger partial charge in [-0.3, -0.25) is 0 Å². The standard InChI is InChI=1S/C9H5Cl3O2S/c1-15(13,14)3-2-7-8(11)4-6(10)5-9(7)12/h4-5H,1H3. The Hall–Kier alpha value is -0.400. The van der Waals surface area contributed by atoms with E-state index in [1.807, 2.05) is 5.25 Å². The van der Waals surface area contributed by atoms with Gasteiger partial charge in [0, 0.05) is 10.3 Å². The van der Waals surface area contributed by atoms with Crippen molar-refractivity contribution in [2.45, 2.75) is 0 Å². The third-order valence-electron chi connectivity index (χ3n) is 1.37. The first-order valence-electron chi connectivity index (χ1n) is 3.67. The van der Waals surface area contributed by atoms with Gasteiger partial charge in [0.05, 0.1) is 21.9 Å². The van der Waals surface area contributed by atoms with Gasteiger partial charge >= 0.3 is 0 Å². The monoisotopic (exact) mass is 282 g/mol. The van der Waals surface area contributed by atoms with Crippen molar-refractivity contribution in [1.29, 1.82) is 0 Å². The molecule has 15 heavy (non-hydrogen) atoms. The van der Waals surface area contributed by atoms with E-state index in [1.165, 1.54) is 12.1 Å². The summed E-state index contributed by atoms with van der Waals surface area (Å²) in [5.74, 6) is 2.39. The van der Waals surface area contributed by atoms with Crippen molar-refractivity contribution in [3.63, 3.8) is 0 Å². The van der Waals surface area contributed by atoms with Gasteiger partial charge in [0.1, 0.15) is 0 Å². The highest BCUT2D eigenvalue weighted by Gasteiger charge is 2.05. The Kier molecular flexibility index (Phi) is 3.91. The molecule has 1 rings (SSSR count). The molecule has 80 valence electrons. The van der Waals surface area contributed by atoms with Gasteiger partial charge in [0.2, 0.25) is 9.84 Å². The molecule has 2 nitrogen and oxygen atoms in total. The minimum Gasteiger partial charge on any atom is -0.216 e. The predicted molar refractivity (Wildman–Crippen MR) is 63.2 cm³/mol. The molecule has 0 aromatic heterocycles.